The number of para-hydroxylation sites is 1. The van der Waals surface area contributed by atoms with Gasteiger partial charge in [-0.3, -0.25) is 0 Å². The number of hydrogen-bond donors (Lipinski definition) is 2. The summed E-state index contributed by atoms with van der Waals surface area (Å²) in [7, 11) is 0. The van der Waals surface area contributed by atoms with Crippen LogP contribution in [0.4, 0.5) is 0 Å². The zero-order valence-corrected chi connectivity index (χ0v) is 11.7. The first kappa shape index (κ1) is 16.4. The van der Waals surface area contributed by atoms with E-state index in [2.05, 4.69) is 4.98 Å². The molecule has 0 aliphatic rings. The Labute approximate surface area is 125 Å². The maximum Gasteiger partial charge on any atom is 1.00 e. The van der Waals surface area contributed by atoms with Gasteiger partial charge in [-0.2, -0.15) is 0 Å². The summed E-state index contributed by atoms with van der Waals surface area (Å²) in [6.07, 6.45) is 4.51. The molecule has 0 spiro atoms. The minimum Gasteiger partial charge on any atom is -0.478 e. The summed E-state index contributed by atoms with van der Waals surface area (Å²) >= 11 is 0. The van der Waals surface area contributed by atoms with Gasteiger partial charge in [0.15, 0.2) is 0 Å². The molecule has 1 heterocycles. The first-order valence-electron chi connectivity index (χ1n) is 4.61. The van der Waals surface area contributed by atoms with Gasteiger partial charge in [0, 0.05) is 23.2 Å². The number of aromatic amines is 1. The van der Waals surface area contributed by atoms with Crippen LogP contribution in [0.1, 0.15) is 5.56 Å². The number of carboxylic acids is 1. The van der Waals surface area contributed by atoms with Crippen LogP contribution in [-0.4, -0.2) is 16.1 Å². The Balaban J connectivity index is 0.000000660. The van der Waals surface area contributed by atoms with Crippen LogP contribution in [0.25, 0.3) is 17.0 Å². The molecule has 6 nitrogen and oxygen atoms in total. The van der Waals surface area contributed by atoms with Crippen molar-refractivity contribution in [2.45, 2.75) is 0 Å². The first-order chi connectivity index (χ1) is 8.19. The fourth-order valence-corrected chi connectivity index (χ4v) is 1.39. The van der Waals surface area contributed by atoms with Crippen molar-refractivity contribution in [1.29, 1.82) is 0 Å². The van der Waals surface area contributed by atoms with Gasteiger partial charge in [-0.05, 0) is 17.7 Å². The van der Waals surface area contributed by atoms with Gasteiger partial charge in [0.2, 0.25) is 0 Å². The molecule has 1 aromatic carbocycles. The van der Waals surface area contributed by atoms with E-state index in [1.165, 1.54) is 0 Å². The fraction of sp³-hybridized carbons (Fsp3) is 0. The predicted molar refractivity (Wildman–Crippen MR) is 64.1 cm³/mol. The average Bonchev–Trinajstić information content (AvgIpc) is 2.70. The van der Waals surface area contributed by atoms with Crippen molar-refractivity contribution in [2.24, 2.45) is 5.34 Å². The van der Waals surface area contributed by atoms with E-state index in [0.29, 0.717) is 0 Å². The molecule has 18 heavy (non-hydrogen) atoms. The topological polar surface area (TPSA) is 106 Å². The zero-order chi connectivity index (χ0) is 12.7. The van der Waals surface area contributed by atoms with Crippen molar-refractivity contribution < 1.29 is 39.5 Å². The summed E-state index contributed by atoms with van der Waals surface area (Å²) in [5.74, 6) is -0.935. The number of benzene rings is 1. The molecule has 0 fully saturated rings. The maximum absolute atomic E-state index is 10.3. The molecule has 2 N–H and O–H groups in total. The number of H-pyrrole nitrogens is 1. The van der Waals surface area contributed by atoms with Gasteiger partial charge in [-0.15, -0.1) is 5.34 Å². The Morgan fingerprint density at radius 2 is 2.00 bits per heavy atom. The molecular formula is C11H9N2NaO4. The molecule has 0 aliphatic carbocycles. The Bertz CT molecular complexity index is 551. The van der Waals surface area contributed by atoms with Crippen LogP contribution < -0.4 is 29.6 Å². The minimum absolute atomic E-state index is 0. The van der Waals surface area contributed by atoms with Crippen LogP contribution >= 0.6 is 0 Å². The number of carbonyl (C=O) groups is 1. The van der Waals surface area contributed by atoms with Crippen LogP contribution in [0, 0.1) is 10.1 Å². The van der Waals surface area contributed by atoms with Gasteiger partial charge in [0.25, 0.3) is 0 Å². The molecule has 0 atom stereocenters. The van der Waals surface area contributed by atoms with Gasteiger partial charge in [-0.1, -0.05) is 18.2 Å². The fourth-order valence-electron chi connectivity index (χ4n) is 1.39. The van der Waals surface area contributed by atoms with Crippen molar-refractivity contribution in [2.75, 3.05) is 0 Å². The normalized spacial score (nSPS) is 9.33. The van der Waals surface area contributed by atoms with E-state index in [1.807, 2.05) is 24.3 Å². The third kappa shape index (κ3) is 4.70. The van der Waals surface area contributed by atoms with Crippen molar-refractivity contribution in [3.05, 3.63) is 52.2 Å². The molecule has 0 aliphatic heterocycles. The van der Waals surface area contributed by atoms with Crippen molar-refractivity contribution >= 4 is 22.9 Å². The van der Waals surface area contributed by atoms with Crippen LogP contribution in [0.3, 0.4) is 0 Å². The van der Waals surface area contributed by atoms with E-state index in [1.54, 1.807) is 12.3 Å². The van der Waals surface area contributed by atoms with E-state index >= 15 is 0 Å². The van der Waals surface area contributed by atoms with Crippen molar-refractivity contribution in [1.82, 2.24) is 4.98 Å². The summed E-state index contributed by atoms with van der Waals surface area (Å²) in [5.41, 5.74) is 1.90. The smallest absolute Gasteiger partial charge is 0.478 e. The van der Waals surface area contributed by atoms with E-state index < -0.39 is 5.97 Å². The Kier molecular flexibility index (Phi) is 7.69. The van der Waals surface area contributed by atoms with E-state index in [-0.39, 0.29) is 29.6 Å². The quantitative estimate of drug-likeness (QED) is 0.327. The Hall–Kier alpha value is -1.63. The summed E-state index contributed by atoms with van der Waals surface area (Å²) in [6.45, 7) is 0. The number of fused-ring (bicyclic) bond motifs is 1. The third-order valence-electron chi connectivity index (χ3n) is 2.03. The molecule has 0 unspecified atom stereocenters. The SMILES string of the molecule is O=C(O)/C=C/c1c[nH]c2ccccc12.O=N[O-].[Na+]. The molecule has 0 bridgehead atoms. The number of aliphatic carboxylic acids is 1. The molecule has 0 radical (unpaired) electrons. The molecule has 2 rings (SSSR count). The molecule has 7 heteroatoms. The number of carboxylic acid groups (broad SMARTS) is 1. The Morgan fingerprint density at radius 3 is 2.61 bits per heavy atom. The van der Waals surface area contributed by atoms with E-state index in [4.69, 9.17) is 15.2 Å². The third-order valence-corrected chi connectivity index (χ3v) is 2.03. The second-order valence-electron chi connectivity index (χ2n) is 3.04. The summed E-state index contributed by atoms with van der Waals surface area (Å²) < 4.78 is 0. The molecule has 0 saturated carbocycles. The predicted octanol–water partition coefficient (Wildman–Crippen LogP) is -0.480. The first-order valence-corrected chi connectivity index (χ1v) is 4.61. The van der Waals surface area contributed by atoms with Gasteiger partial charge < -0.3 is 20.2 Å². The summed E-state index contributed by atoms with van der Waals surface area (Å²) in [5, 5.41) is 18.5. The second kappa shape index (κ2) is 8.46. The number of aromatic nitrogens is 1. The van der Waals surface area contributed by atoms with Gasteiger partial charge >= 0.3 is 35.5 Å². The van der Waals surface area contributed by atoms with E-state index in [9.17, 15) is 4.79 Å². The van der Waals surface area contributed by atoms with Gasteiger partial charge in [0.05, 0.1) is 0 Å². The van der Waals surface area contributed by atoms with Crippen LogP contribution in [0.5, 0.6) is 0 Å². The van der Waals surface area contributed by atoms with Gasteiger partial charge in [0.1, 0.15) is 0 Å². The number of nitrogens with zero attached hydrogens (tertiary/aromatic N) is 1. The molecular weight excluding hydrogens is 247 g/mol. The largest absolute Gasteiger partial charge is 1.00 e. The molecule has 88 valence electrons. The van der Waals surface area contributed by atoms with Crippen molar-refractivity contribution in [3.8, 4) is 0 Å². The number of nitrogens with one attached hydrogen (secondary N) is 1. The summed E-state index contributed by atoms with van der Waals surface area (Å²) in [6, 6.07) is 7.76. The molecule has 0 saturated heterocycles. The van der Waals surface area contributed by atoms with Crippen LogP contribution in [0.15, 0.2) is 41.9 Å². The second-order valence-corrected chi connectivity index (χ2v) is 3.04. The Morgan fingerprint density at radius 1 is 1.39 bits per heavy atom. The van der Waals surface area contributed by atoms with Gasteiger partial charge in [-0.25, -0.2) is 4.79 Å². The molecule has 1 aromatic heterocycles. The standard InChI is InChI=1S/C11H9NO2.HNO2.Na/c13-11(14)6-5-8-7-12-10-4-2-1-3-9(8)10;2-1-3;/h1-7,12H,(H,13,14);(H,2,3);/q;;+1/p-1/b6-5+;;. The van der Waals surface area contributed by atoms with E-state index in [0.717, 1.165) is 27.9 Å². The molecule has 2 aromatic rings. The maximum atomic E-state index is 10.3. The zero-order valence-electron chi connectivity index (χ0n) is 9.66. The summed E-state index contributed by atoms with van der Waals surface area (Å²) in [4.78, 5) is 21.4. The van der Waals surface area contributed by atoms with Crippen LogP contribution in [0.2, 0.25) is 0 Å². The average molecular weight is 256 g/mol. The molecule has 0 amide bonds. The van der Waals surface area contributed by atoms with Crippen LogP contribution in [-0.2, 0) is 4.79 Å². The minimum atomic E-state index is -0.935. The van der Waals surface area contributed by atoms with Crippen molar-refractivity contribution in [3.63, 3.8) is 0 Å². The number of rotatable bonds is 2. The number of hydrogen-bond acceptors (Lipinski definition) is 4. The monoisotopic (exact) mass is 256 g/mol.